The molecule has 0 bridgehead atoms. The first-order valence-corrected chi connectivity index (χ1v) is 5.69. The van der Waals surface area contributed by atoms with E-state index in [1.165, 1.54) is 36.7 Å². The molecule has 106 valence electrons. The van der Waals surface area contributed by atoms with Crippen LogP contribution in [-0.4, -0.2) is 22.0 Å². The van der Waals surface area contributed by atoms with Crippen LogP contribution in [0, 0.1) is 15.3 Å². The Labute approximate surface area is 118 Å². The standard InChI is InChI=1S/C12H9N5O4/c18-12(11-8-16(19)6-5-13-11)15-14-7-9-1-3-10(4-2-9)17(20)21/h1-8H,(H,15,18)/b14-7+. The average Bonchev–Trinajstić information content (AvgIpc) is 2.47. The summed E-state index contributed by atoms with van der Waals surface area (Å²) in [5.41, 5.74) is 2.65. The minimum Gasteiger partial charge on any atom is -0.619 e. The van der Waals surface area contributed by atoms with Crippen molar-refractivity contribution in [3.63, 3.8) is 0 Å². The minimum absolute atomic E-state index is 0.0373. The molecule has 1 aromatic carbocycles. The monoisotopic (exact) mass is 287 g/mol. The first kappa shape index (κ1) is 14.1. The molecule has 9 heteroatoms. The van der Waals surface area contributed by atoms with Gasteiger partial charge < -0.3 is 5.21 Å². The van der Waals surface area contributed by atoms with Crippen LogP contribution in [0.4, 0.5) is 5.69 Å². The number of hydrazone groups is 1. The lowest BCUT2D eigenvalue weighted by molar-refractivity contribution is -0.606. The molecule has 0 aliphatic carbocycles. The quantitative estimate of drug-likeness (QED) is 0.286. The van der Waals surface area contributed by atoms with Crippen LogP contribution >= 0.6 is 0 Å². The number of nitro groups is 1. The number of nitro benzene ring substituents is 1. The topological polar surface area (TPSA) is 124 Å². The van der Waals surface area contributed by atoms with Crippen LogP contribution in [0.25, 0.3) is 0 Å². The van der Waals surface area contributed by atoms with E-state index in [4.69, 9.17) is 0 Å². The third-order valence-corrected chi connectivity index (χ3v) is 2.39. The van der Waals surface area contributed by atoms with Crippen LogP contribution in [0.1, 0.15) is 16.1 Å². The van der Waals surface area contributed by atoms with E-state index < -0.39 is 10.8 Å². The Morgan fingerprint density at radius 1 is 1.38 bits per heavy atom. The number of hydrogen-bond donors (Lipinski definition) is 1. The molecule has 2 aromatic rings. The number of nitrogens with zero attached hydrogens (tertiary/aromatic N) is 4. The fourth-order valence-electron chi connectivity index (χ4n) is 1.40. The molecule has 1 heterocycles. The molecule has 21 heavy (non-hydrogen) atoms. The SMILES string of the molecule is O=C(N/N=C/c1ccc([N+](=O)[O-])cc1)c1c[n+]([O-])ccn1. The molecule has 1 N–H and O–H groups in total. The number of carbonyl (C=O) groups excluding carboxylic acids is 1. The molecule has 0 fully saturated rings. The van der Waals surface area contributed by atoms with E-state index in [2.05, 4.69) is 15.5 Å². The van der Waals surface area contributed by atoms with Crippen molar-refractivity contribution in [2.75, 3.05) is 0 Å². The highest BCUT2D eigenvalue weighted by molar-refractivity contribution is 5.92. The van der Waals surface area contributed by atoms with Crippen molar-refractivity contribution in [3.05, 3.63) is 69.4 Å². The number of non-ortho nitro benzene ring substituents is 1. The van der Waals surface area contributed by atoms with Crippen molar-refractivity contribution in [2.45, 2.75) is 0 Å². The van der Waals surface area contributed by atoms with Gasteiger partial charge in [-0.3, -0.25) is 14.9 Å². The third kappa shape index (κ3) is 3.80. The van der Waals surface area contributed by atoms with Gasteiger partial charge in [-0.1, -0.05) is 0 Å². The van der Waals surface area contributed by atoms with Crippen molar-refractivity contribution in [3.8, 4) is 0 Å². The number of amides is 1. The first-order valence-electron chi connectivity index (χ1n) is 5.69. The molecule has 0 unspecified atom stereocenters. The van der Waals surface area contributed by atoms with Gasteiger partial charge in [-0.2, -0.15) is 9.83 Å². The van der Waals surface area contributed by atoms with Gasteiger partial charge in [-0.05, 0) is 17.7 Å². The van der Waals surface area contributed by atoms with E-state index >= 15 is 0 Å². The number of benzene rings is 1. The van der Waals surface area contributed by atoms with Gasteiger partial charge in [0.05, 0.1) is 17.3 Å². The molecule has 1 aromatic heterocycles. The van der Waals surface area contributed by atoms with Gasteiger partial charge in [0.2, 0.25) is 6.20 Å². The summed E-state index contributed by atoms with van der Waals surface area (Å²) in [6, 6.07) is 5.62. The molecule has 0 radical (unpaired) electrons. The molecule has 0 atom stereocenters. The van der Waals surface area contributed by atoms with E-state index in [-0.39, 0.29) is 11.4 Å². The number of aromatic nitrogens is 2. The highest BCUT2D eigenvalue weighted by Crippen LogP contribution is 2.10. The second-order valence-electron chi connectivity index (χ2n) is 3.85. The second-order valence-corrected chi connectivity index (χ2v) is 3.85. The van der Waals surface area contributed by atoms with Gasteiger partial charge in [-0.25, -0.2) is 10.4 Å². The van der Waals surface area contributed by atoms with Crippen LogP contribution < -0.4 is 10.2 Å². The van der Waals surface area contributed by atoms with Gasteiger partial charge in [0.15, 0.2) is 11.9 Å². The highest BCUT2D eigenvalue weighted by atomic mass is 16.6. The summed E-state index contributed by atoms with van der Waals surface area (Å²) in [6.45, 7) is 0. The molecule has 9 nitrogen and oxygen atoms in total. The van der Waals surface area contributed by atoms with Gasteiger partial charge in [0, 0.05) is 12.1 Å². The summed E-state index contributed by atoms with van der Waals surface area (Å²) in [6.07, 6.45) is 4.67. The fraction of sp³-hybridized carbons (Fsp3) is 0. The van der Waals surface area contributed by atoms with Gasteiger partial charge in [0.1, 0.15) is 0 Å². The van der Waals surface area contributed by atoms with Crippen molar-refractivity contribution >= 4 is 17.8 Å². The van der Waals surface area contributed by atoms with E-state index in [0.29, 0.717) is 10.3 Å². The molecule has 2 rings (SSSR count). The Balaban J connectivity index is 1.99. The molecule has 0 spiro atoms. The maximum atomic E-state index is 11.6. The zero-order valence-corrected chi connectivity index (χ0v) is 10.5. The van der Waals surface area contributed by atoms with E-state index in [9.17, 15) is 20.1 Å². The lowest BCUT2D eigenvalue weighted by Crippen LogP contribution is -2.29. The number of hydrogen-bond acceptors (Lipinski definition) is 6. The first-order chi connectivity index (χ1) is 10.1. The Kier molecular flexibility index (Phi) is 4.14. The summed E-state index contributed by atoms with van der Waals surface area (Å²) in [5, 5.41) is 25.1. The number of carbonyl (C=O) groups is 1. The second kappa shape index (κ2) is 6.19. The van der Waals surface area contributed by atoms with Crippen molar-refractivity contribution < 1.29 is 14.4 Å². The lowest BCUT2D eigenvalue weighted by Gasteiger charge is -1.99. The minimum atomic E-state index is -0.640. The Hall–Kier alpha value is -3.36. The summed E-state index contributed by atoms with van der Waals surface area (Å²) in [4.78, 5) is 25.3. The molecule has 0 aliphatic heterocycles. The summed E-state index contributed by atoms with van der Waals surface area (Å²) < 4.78 is 0.446. The van der Waals surface area contributed by atoms with E-state index in [1.54, 1.807) is 0 Å². The number of rotatable bonds is 4. The third-order valence-electron chi connectivity index (χ3n) is 2.39. The molecular formula is C12H9N5O4. The van der Waals surface area contributed by atoms with E-state index in [1.807, 2.05) is 0 Å². The van der Waals surface area contributed by atoms with Crippen LogP contribution in [-0.2, 0) is 0 Å². The fourth-order valence-corrected chi connectivity index (χ4v) is 1.40. The van der Waals surface area contributed by atoms with Crippen molar-refractivity contribution in [2.24, 2.45) is 5.10 Å². The molecule has 0 aliphatic rings. The highest BCUT2D eigenvalue weighted by Gasteiger charge is 2.09. The van der Waals surface area contributed by atoms with Gasteiger partial charge >= 0.3 is 0 Å². The lowest BCUT2D eigenvalue weighted by atomic mass is 10.2. The Morgan fingerprint density at radius 3 is 2.71 bits per heavy atom. The summed E-state index contributed by atoms with van der Waals surface area (Å²) in [7, 11) is 0. The predicted molar refractivity (Wildman–Crippen MR) is 71.4 cm³/mol. The maximum absolute atomic E-state index is 11.6. The molecular weight excluding hydrogens is 278 g/mol. The summed E-state index contributed by atoms with van der Waals surface area (Å²) >= 11 is 0. The van der Waals surface area contributed by atoms with Gasteiger partial charge in [0.25, 0.3) is 11.6 Å². The zero-order valence-electron chi connectivity index (χ0n) is 10.5. The number of nitrogens with one attached hydrogen (secondary N) is 1. The summed E-state index contributed by atoms with van der Waals surface area (Å²) in [5.74, 6) is -0.640. The van der Waals surface area contributed by atoms with Crippen LogP contribution in [0.5, 0.6) is 0 Å². The molecule has 0 saturated carbocycles. The largest absolute Gasteiger partial charge is 0.619 e. The maximum Gasteiger partial charge on any atom is 0.296 e. The zero-order chi connectivity index (χ0) is 15.2. The molecule has 1 amide bonds. The normalized spacial score (nSPS) is 10.5. The van der Waals surface area contributed by atoms with Crippen molar-refractivity contribution in [1.29, 1.82) is 0 Å². The molecule has 0 saturated heterocycles. The smallest absolute Gasteiger partial charge is 0.296 e. The van der Waals surface area contributed by atoms with Crippen LogP contribution in [0.15, 0.2) is 48.0 Å². The Morgan fingerprint density at radius 2 is 2.10 bits per heavy atom. The average molecular weight is 287 g/mol. The Bertz CT molecular complexity index is 699. The van der Waals surface area contributed by atoms with Gasteiger partial charge in [-0.15, -0.1) is 0 Å². The van der Waals surface area contributed by atoms with Crippen LogP contribution in [0.3, 0.4) is 0 Å². The predicted octanol–water partition coefficient (Wildman–Crippen LogP) is 0.387. The van der Waals surface area contributed by atoms with E-state index in [0.717, 1.165) is 12.4 Å². The van der Waals surface area contributed by atoms with Crippen LogP contribution in [0.2, 0.25) is 0 Å². The van der Waals surface area contributed by atoms with Crippen molar-refractivity contribution in [1.82, 2.24) is 10.4 Å².